The summed E-state index contributed by atoms with van der Waals surface area (Å²) >= 11 is 0. The molecule has 0 aliphatic rings. The molecule has 0 saturated heterocycles. The van der Waals surface area contributed by atoms with Gasteiger partial charge in [0.1, 0.15) is 6.33 Å². The first kappa shape index (κ1) is 17.1. The highest BCUT2D eigenvalue weighted by atomic mass is 32.2. The number of carbonyl (C=O) groups excluding carboxylic acids is 1. The van der Waals surface area contributed by atoms with Gasteiger partial charge < -0.3 is 0 Å². The molecule has 1 aromatic heterocycles. The maximum atomic E-state index is 12.4. The standard InChI is InChI=1S/C17H18N4O3S/c1-25(23,24)19-11-10-13-6-8-14(9-7-13)17(22)20-21-12-18-15-4-2-3-5-16(15)21/h2-9,12,19H,10-11H2,1H3,(H,20,22). The molecule has 8 heteroatoms. The summed E-state index contributed by atoms with van der Waals surface area (Å²) in [6.45, 7) is 0.325. The van der Waals surface area contributed by atoms with Crippen molar-refractivity contribution in [3.63, 3.8) is 0 Å². The lowest BCUT2D eigenvalue weighted by Crippen LogP contribution is -2.24. The molecule has 2 N–H and O–H groups in total. The summed E-state index contributed by atoms with van der Waals surface area (Å²) in [7, 11) is -3.19. The van der Waals surface area contributed by atoms with Crippen LogP contribution in [0.5, 0.6) is 0 Å². The molecule has 0 aliphatic carbocycles. The van der Waals surface area contributed by atoms with E-state index in [4.69, 9.17) is 0 Å². The Hall–Kier alpha value is -2.71. The van der Waals surface area contributed by atoms with Crippen molar-refractivity contribution in [1.29, 1.82) is 0 Å². The van der Waals surface area contributed by atoms with E-state index in [0.717, 1.165) is 22.9 Å². The number of carbonyl (C=O) groups is 1. The second kappa shape index (κ2) is 7.04. The molecule has 0 fully saturated rings. The highest BCUT2D eigenvalue weighted by molar-refractivity contribution is 7.88. The van der Waals surface area contributed by atoms with E-state index >= 15 is 0 Å². The van der Waals surface area contributed by atoms with E-state index in [-0.39, 0.29) is 5.91 Å². The van der Waals surface area contributed by atoms with Gasteiger partial charge in [0.05, 0.1) is 17.3 Å². The molecule has 0 bridgehead atoms. The maximum Gasteiger partial charge on any atom is 0.270 e. The van der Waals surface area contributed by atoms with Crippen LogP contribution in [-0.4, -0.2) is 36.8 Å². The average Bonchev–Trinajstić information content (AvgIpc) is 2.97. The van der Waals surface area contributed by atoms with Crippen molar-refractivity contribution in [2.45, 2.75) is 6.42 Å². The SMILES string of the molecule is CS(=O)(=O)NCCc1ccc(C(=O)Nn2cnc3ccccc32)cc1. The van der Waals surface area contributed by atoms with Crippen molar-refractivity contribution in [3.8, 4) is 0 Å². The van der Waals surface area contributed by atoms with Crippen molar-refractivity contribution in [3.05, 3.63) is 66.0 Å². The number of fused-ring (bicyclic) bond motifs is 1. The normalized spacial score (nSPS) is 11.6. The molecule has 0 spiro atoms. The molecule has 25 heavy (non-hydrogen) atoms. The van der Waals surface area contributed by atoms with Gasteiger partial charge in [0.2, 0.25) is 10.0 Å². The molecule has 3 rings (SSSR count). The minimum atomic E-state index is -3.19. The van der Waals surface area contributed by atoms with E-state index < -0.39 is 10.0 Å². The van der Waals surface area contributed by atoms with Crippen LogP contribution in [0.2, 0.25) is 0 Å². The molecule has 1 amide bonds. The van der Waals surface area contributed by atoms with Crippen molar-refractivity contribution < 1.29 is 13.2 Å². The smallest absolute Gasteiger partial charge is 0.267 e. The second-order valence-electron chi connectivity index (χ2n) is 5.66. The van der Waals surface area contributed by atoms with Crippen LogP contribution in [0.15, 0.2) is 54.9 Å². The number of nitrogens with one attached hydrogen (secondary N) is 2. The van der Waals surface area contributed by atoms with Crippen LogP contribution in [0.1, 0.15) is 15.9 Å². The van der Waals surface area contributed by atoms with Gasteiger partial charge in [-0.2, -0.15) is 0 Å². The van der Waals surface area contributed by atoms with Gasteiger partial charge in [-0.1, -0.05) is 24.3 Å². The fourth-order valence-corrected chi connectivity index (χ4v) is 2.90. The number of sulfonamides is 1. The molecule has 3 aromatic rings. The molecule has 2 aromatic carbocycles. The van der Waals surface area contributed by atoms with Gasteiger partial charge in [0, 0.05) is 12.1 Å². The topological polar surface area (TPSA) is 93.1 Å². The van der Waals surface area contributed by atoms with Crippen LogP contribution in [0.25, 0.3) is 11.0 Å². The van der Waals surface area contributed by atoms with Crippen LogP contribution >= 0.6 is 0 Å². The van der Waals surface area contributed by atoms with Crippen LogP contribution in [0, 0.1) is 0 Å². The Balaban J connectivity index is 1.64. The van der Waals surface area contributed by atoms with Gasteiger partial charge in [0.25, 0.3) is 5.91 Å². The summed E-state index contributed by atoms with van der Waals surface area (Å²) in [6.07, 6.45) is 3.25. The van der Waals surface area contributed by atoms with E-state index in [2.05, 4.69) is 15.1 Å². The monoisotopic (exact) mass is 358 g/mol. The third-order valence-corrected chi connectivity index (χ3v) is 4.40. The first-order valence-electron chi connectivity index (χ1n) is 7.69. The average molecular weight is 358 g/mol. The Morgan fingerprint density at radius 3 is 2.56 bits per heavy atom. The van der Waals surface area contributed by atoms with E-state index in [9.17, 15) is 13.2 Å². The van der Waals surface area contributed by atoms with Gasteiger partial charge in [-0.15, -0.1) is 0 Å². The fraction of sp³-hybridized carbons (Fsp3) is 0.176. The minimum absolute atomic E-state index is 0.246. The molecule has 0 atom stereocenters. The van der Waals surface area contributed by atoms with Gasteiger partial charge >= 0.3 is 0 Å². The zero-order chi connectivity index (χ0) is 17.9. The van der Waals surface area contributed by atoms with E-state index in [1.807, 2.05) is 36.4 Å². The lowest BCUT2D eigenvalue weighted by molar-refractivity contribution is 0.101. The van der Waals surface area contributed by atoms with Crippen molar-refractivity contribution in [2.24, 2.45) is 0 Å². The Morgan fingerprint density at radius 1 is 1.12 bits per heavy atom. The second-order valence-corrected chi connectivity index (χ2v) is 7.49. The molecular weight excluding hydrogens is 340 g/mol. The van der Waals surface area contributed by atoms with Gasteiger partial charge in [-0.3, -0.25) is 10.2 Å². The molecule has 0 saturated carbocycles. The largest absolute Gasteiger partial charge is 0.270 e. The number of aromatic nitrogens is 2. The molecule has 0 aliphatic heterocycles. The van der Waals surface area contributed by atoms with E-state index in [1.54, 1.807) is 23.1 Å². The lowest BCUT2D eigenvalue weighted by Gasteiger charge is -2.08. The highest BCUT2D eigenvalue weighted by Gasteiger charge is 2.08. The maximum absolute atomic E-state index is 12.4. The number of hydrogen-bond donors (Lipinski definition) is 2. The quantitative estimate of drug-likeness (QED) is 0.698. The summed E-state index contributed by atoms with van der Waals surface area (Å²) in [5.74, 6) is -0.246. The van der Waals surface area contributed by atoms with Crippen LogP contribution in [0.3, 0.4) is 0 Å². The Labute approximate surface area is 145 Å². The zero-order valence-corrected chi connectivity index (χ0v) is 14.5. The summed E-state index contributed by atoms with van der Waals surface area (Å²) in [6, 6.07) is 14.6. The minimum Gasteiger partial charge on any atom is -0.267 e. The Bertz CT molecular complexity index is 994. The fourth-order valence-electron chi connectivity index (χ4n) is 2.43. The third kappa shape index (κ3) is 4.43. The third-order valence-electron chi connectivity index (χ3n) is 3.67. The van der Waals surface area contributed by atoms with Crippen molar-refractivity contribution >= 4 is 27.0 Å². The lowest BCUT2D eigenvalue weighted by atomic mass is 10.1. The summed E-state index contributed by atoms with van der Waals surface area (Å²) < 4.78 is 26.1. The number of para-hydroxylation sites is 2. The summed E-state index contributed by atoms with van der Waals surface area (Å²) in [5.41, 5.74) is 5.87. The highest BCUT2D eigenvalue weighted by Crippen LogP contribution is 2.11. The molecule has 1 heterocycles. The molecule has 7 nitrogen and oxygen atoms in total. The van der Waals surface area contributed by atoms with E-state index in [1.165, 1.54) is 0 Å². The number of hydrogen-bond acceptors (Lipinski definition) is 4. The predicted molar refractivity (Wildman–Crippen MR) is 96.4 cm³/mol. The first-order chi connectivity index (χ1) is 11.9. The first-order valence-corrected chi connectivity index (χ1v) is 9.58. The van der Waals surface area contributed by atoms with Crippen molar-refractivity contribution in [1.82, 2.24) is 14.4 Å². The molecular formula is C17H18N4O3S. The van der Waals surface area contributed by atoms with Crippen LogP contribution < -0.4 is 10.1 Å². The summed E-state index contributed by atoms with van der Waals surface area (Å²) in [4.78, 5) is 16.6. The van der Waals surface area contributed by atoms with E-state index in [0.29, 0.717) is 18.5 Å². The van der Waals surface area contributed by atoms with Crippen LogP contribution in [0.4, 0.5) is 0 Å². The van der Waals surface area contributed by atoms with Gasteiger partial charge in [-0.05, 0) is 36.2 Å². The predicted octanol–water partition coefficient (Wildman–Crippen LogP) is 1.51. The molecule has 130 valence electrons. The Kier molecular flexibility index (Phi) is 4.82. The number of nitrogens with zero attached hydrogens (tertiary/aromatic N) is 2. The van der Waals surface area contributed by atoms with Crippen LogP contribution in [-0.2, 0) is 16.4 Å². The Morgan fingerprint density at radius 2 is 1.84 bits per heavy atom. The number of imidazole rings is 1. The number of amides is 1. The van der Waals surface area contributed by atoms with Gasteiger partial charge in [-0.25, -0.2) is 22.8 Å². The number of benzene rings is 2. The molecule has 0 radical (unpaired) electrons. The van der Waals surface area contributed by atoms with Gasteiger partial charge in [0.15, 0.2) is 0 Å². The molecule has 0 unspecified atom stereocenters. The summed E-state index contributed by atoms with van der Waals surface area (Å²) in [5, 5.41) is 0. The zero-order valence-electron chi connectivity index (χ0n) is 13.6. The number of rotatable bonds is 6. The van der Waals surface area contributed by atoms with Crippen molar-refractivity contribution in [2.75, 3.05) is 18.2 Å².